The number of amides is 1. The Kier molecular flexibility index (Phi) is 6.12. The molecule has 0 saturated heterocycles. The number of aromatic nitrogens is 1. The number of halogens is 1. The zero-order valence-corrected chi connectivity index (χ0v) is 17.1. The van der Waals surface area contributed by atoms with Crippen molar-refractivity contribution in [3.63, 3.8) is 0 Å². The van der Waals surface area contributed by atoms with Gasteiger partial charge in [-0.05, 0) is 56.7 Å². The molecule has 0 bridgehead atoms. The van der Waals surface area contributed by atoms with E-state index >= 15 is 0 Å². The number of benzene rings is 2. The highest BCUT2D eigenvalue weighted by Crippen LogP contribution is 2.31. The van der Waals surface area contributed by atoms with E-state index in [1.165, 1.54) is 23.5 Å². The van der Waals surface area contributed by atoms with Crippen molar-refractivity contribution in [1.29, 1.82) is 0 Å². The van der Waals surface area contributed by atoms with Crippen molar-refractivity contribution in [2.24, 2.45) is 0 Å². The van der Waals surface area contributed by atoms with Gasteiger partial charge in [0.2, 0.25) is 0 Å². The van der Waals surface area contributed by atoms with E-state index in [4.69, 9.17) is 9.47 Å². The largest absolute Gasteiger partial charge is 0.444 e. The Bertz CT molecular complexity index is 1030. The lowest BCUT2D eigenvalue weighted by Crippen LogP contribution is -2.35. The normalized spacial score (nSPS) is 11.3. The quantitative estimate of drug-likeness (QED) is 0.621. The maximum atomic E-state index is 13.3. The summed E-state index contributed by atoms with van der Waals surface area (Å²) >= 11 is 1.25. The Labute approximate surface area is 171 Å². The summed E-state index contributed by atoms with van der Waals surface area (Å²) in [5, 5.41) is 2.86. The molecule has 1 amide bonds. The summed E-state index contributed by atoms with van der Waals surface area (Å²) < 4.78 is 24.8. The van der Waals surface area contributed by atoms with E-state index in [1.54, 1.807) is 51.1 Å². The Morgan fingerprint density at radius 1 is 1.14 bits per heavy atom. The van der Waals surface area contributed by atoms with Crippen LogP contribution in [0.4, 0.5) is 9.18 Å². The molecule has 6 nitrogen and oxygen atoms in total. The van der Waals surface area contributed by atoms with Crippen LogP contribution in [0.3, 0.4) is 0 Å². The lowest BCUT2D eigenvalue weighted by atomic mass is 10.1. The minimum Gasteiger partial charge on any atom is -0.444 e. The highest BCUT2D eigenvalue weighted by Gasteiger charge is 2.16. The van der Waals surface area contributed by atoms with E-state index in [0.29, 0.717) is 21.2 Å². The van der Waals surface area contributed by atoms with Crippen molar-refractivity contribution in [3.05, 3.63) is 53.8 Å². The second-order valence-corrected chi connectivity index (χ2v) is 8.40. The van der Waals surface area contributed by atoms with Gasteiger partial charge in [-0.25, -0.2) is 14.2 Å². The van der Waals surface area contributed by atoms with Crippen LogP contribution in [0.1, 0.15) is 26.3 Å². The third kappa shape index (κ3) is 6.25. The predicted molar refractivity (Wildman–Crippen MR) is 109 cm³/mol. The maximum absolute atomic E-state index is 13.3. The van der Waals surface area contributed by atoms with E-state index in [-0.39, 0.29) is 24.6 Å². The first-order valence-corrected chi connectivity index (χ1v) is 9.81. The van der Waals surface area contributed by atoms with E-state index in [0.717, 1.165) is 5.56 Å². The highest BCUT2D eigenvalue weighted by atomic mass is 32.1. The first-order chi connectivity index (χ1) is 13.7. The van der Waals surface area contributed by atoms with Crippen LogP contribution in [-0.4, -0.2) is 29.0 Å². The summed E-state index contributed by atoms with van der Waals surface area (Å²) in [6.07, 6.45) is -0.443. The second kappa shape index (κ2) is 8.57. The minimum atomic E-state index is -0.620. The van der Waals surface area contributed by atoms with Crippen molar-refractivity contribution in [1.82, 2.24) is 10.3 Å². The van der Waals surface area contributed by atoms with Gasteiger partial charge in [0.25, 0.3) is 5.19 Å². The Morgan fingerprint density at radius 3 is 2.55 bits per heavy atom. The standard InChI is InChI=1S/C21H21FN2O4S/c1-21(2,3)28-19(26)23-12-15(25)10-13-4-7-16(8-5-13)27-20-24-17-9-6-14(22)11-18(17)29-20/h4-9,11H,10,12H2,1-3H3,(H,23,26). The fourth-order valence-electron chi connectivity index (χ4n) is 2.47. The molecule has 0 fully saturated rings. The Hall–Kier alpha value is -3.00. The fourth-order valence-corrected chi connectivity index (χ4v) is 3.33. The monoisotopic (exact) mass is 416 g/mol. The first kappa shape index (κ1) is 20.7. The lowest BCUT2D eigenvalue weighted by Gasteiger charge is -2.19. The molecule has 0 aliphatic heterocycles. The third-order valence-electron chi connectivity index (χ3n) is 3.69. The topological polar surface area (TPSA) is 77.5 Å². The van der Waals surface area contributed by atoms with Gasteiger partial charge in [-0.2, -0.15) is 0 Å². The van der Waals surface area contributed by atoms with Crippen LogP contribution in [0.2, 0.25) is 0 Å². The van der Waals surface area contributed by atoms with Gasteiger partial charge < -0.3 is 14.8 Å². The number of hydrogen-bond donors (Lipinski definition) is 1. The molecule has 1 aromatic heterocycles. The smallest absolute Gasteiger partial charge is 0.408 e. The number of Topliss-reactive ketones (excluding diaryl/α,β-unsaturated/α-hetero) is 1. The van der Waals surface area contributed by atoms with Crippen LogP contribution >= 0.6 is 11.3 Å². The Morgan fingerprint density at radius 2 is 1.86 bits per heavy atom. The summed E-state index contributed by atoms with van der Waals surface area (Å²) in [7, 11) is 0. The second-order valence-electron chi connectivity index (χ2n) is 7.41. The van der Waals surface area contributed by atoms with Gasteiger partial charge in [0, 0.05) is 6.42 Å². The van der Waals surface area contributed by atoms with Crippen molar-refractivity contribution in [3.8, 4) is 10.9 Å². The molecule has 8 heteroatoms. The van der Waals surface area contributed by atoms with Crippen molar-refractivity contribution in [2.75, 3.05) is 6.54 Å². The van der Waals surface area contributed by atoms with Crippen molar-refractivity contribution < 1.29 is 23.5 Å². The number of alkyl carbamates (subject to hydrolysis) is 1. The number of ether oxygens (including phenoxy) is 2. The molecule has 0 spiro atoms. The lowest BCUT2D eigenvalue weighted by molar-refractivity contribution is -0.117. The molecule has 0 radical (unpaired) electrons. The SMILES string of the molecule is CC(C)(C)OC(=O)NCC(=O)Cc1ccc(Oc2nc3ccc(F)cc3s2)cc1. The number of nitrogens with zero attached hydrogens (tertiary/aromatic N) is 1. The average molecular weight is 416 g/mol. The summed E-state index contributed by atoms with van der Waals surface area (Å²) in [5.74, 6) is 0.105. The van der Waals surface area contributed by atoms with Crippen LogP contribution < -0.4 is 10.1 Å². The minimum absolute atomic E-state index is 0.102. The number of hydrogen-bond acceptors (Lipinski definition) is 6. The highest BCUT2D eigenvalue weighted by molar-refractivity contribution is 7.20. The molecule has 0 saturated carbocycles. The van der Waals surface area contributed by atoms with Crippen molar-refractivity contribution in [2.45, 2.75) is 32.8 Å². The average Bonchev–Trinajstić information content (AvgIpc) is 3.01. The van der Waals surface area contributed by atoms with E-state index in [2.05, 4.69) is 10.3 Å². The first-order valence-electron chi connectivity index (χ1n) is 8.99. The molecule has 29 heavy (non-hydrogen) atoms. The van der Waals surface area contributed by atoms with Gasteiger partial charge in [-0.3, -0.25) is 4.79 Å². The number of ketones is 1. The zero-order chi connectivity index (χ0) is 21.0. The molecular formula is C21H21FN2O4S. The number of thiazole rings is 1. The molecule has 0 unspecified atom stereocenters. The number of carbonyl (C=O) groups excluding carboxylic acids is 2. The van der Waals surface area contributed by atoms with Crippen LogP contribution in [0.25, 0.3) is 10.2 Å². The van der Waals surface area contributed by atoms with Crippen LogP contribution in [0.5, 0.6) is 10.9 Å². The van der Waals surface area contributed by atoms with Gasteiger partial charge in [0.1, 0.15) is 17.2 Å². The van der Waals surface area contributed by atoms with Crippen LogP contribution in [0, 0.1) is 5.82 Å². The van der Waals surface area contributed by atoms with Crippen LogP contribution in [-0.2, 0) is 16.0 Å². The summed E-state index contributed by atoms with van der Waals surface area (Å²) in [6, 6.07) is 11.4. The molecule has 3 rings (SSSR count). The zero-order valence-electron chi connectivity index (χ0n) is 16.3. The van der Waals surface area contributed by atoms with E-state index < -0.39 is 11.7 Å². The number of carbonyl (C=O) groups is 2. The predicted octanol–water partition coefficient (Wildman–Crippen LogP) is 4.86. The molecule has 2 aromatic carbocycles. The van der Waals surface area contributed by atoms with Crippen LogP contribution in [0.15, 0.2) is 42.5 Å². The number of fused-ring (bicyclic) bond motifs is 1. The van der Waals surface area contributed by atoms with E-state index in [9.17, 15) is 14.0 Å². The van der Waals surface area contributed by atoms with Gasteiger partial charge >= 0.3 is 6.09 Å². The molecule has 1 N–H and O–H groups in total. The number of nitrogens with one attached hydrogen (secondary N) is 1. The summed E-state index contributed by atoms with van der Waals surface area (Å²) in [4.78, 5) is 27.9. The summed E-state index contributed by atoms with van der Waals surface area (Å²) in [6.45, 7) is 5.16. The molecule has 1 heterocycles. The molecular weight excluding hydrogens is 395 g/mol. The summed E-state index contributed by atoms with van der Waals surface area (Å²) in [5.41, 5.74) is 0.853. The molecule has 0 atom stereocenters. The molecule has 0 aliphatic carbocycles. The van der Waals surface area contributed by atoms with Gasteiger partial charge in [0.05, 0.1) is 16.8 Å². The molecule has 3 aromatic rings. The van der Waals surface area contributed by atoms with Gasteiger partial charge in [-0.1, -0.05) is 23.5 Å². The molecule has 0 aliphatic rings. The maximum Gasteiger partial charge on any atom is 0.408 e. The number of rotatable bonds is 6. The van der Waals surface area contributed by atoms with Gasteiger partial charge in [-0.15, -0.1) is 0 Å². The molecule has 152 valence electrons. The van der Waals surface area contributed by atoms with Gasteiger partial charge in [0.15, 0.2) is 5.78 Å². The fraction of sp³-hybridized carbons (Fsp3) is 0.286. The van der Waals surface area contributed by atoms with E-state index in [1.807, 2.05) is 0 Å². The van der Waals surface area contributed by atoms with Crippen molar-refractivity contribution >= 4 is 33.4 Å². The third-order valence-corrected chi connectivity index (χ3v) is 4.59. The Balaban J connectivity index is 1.52.